The number of aromatic nitrogens is 1. The number of likely N-dealkylation sites (N-methyl/N-ethyl adjacent to an activating group) is 1. The summed E-state index contributed by atoms with van der Waals surface area (Å²) in [5, 5.41) is 8.47. The van der Waals surface area contributed by atoms with Crippen LogP contribution in [0.1, 0.15) is 49.3 Å². The van der Waals surface area contributed by atoms with Gasteiger partial charge in [0.2, 0.25) is 0 Å². The van der Waals surface area contributed by atoms with Crippen LogP contribution in [0.5, 0.6) is 0 Å². The lowest BCUT2D eigenvalue weighted by Crippen LogP contribution is -2.29. The molecule has 0 saturated carbocycles. The second kappa shape index (κ2) is 6.67. The van der Waals surface area contributed by atoms with E-state index < -0.39 is 0 Å². The molecule has 0 unspecified atom stereocenters. The molecule has 1 aliphatic rings. The fraction of sp³-hybridized carbons (Fsp3) is 0.350. The quantitative estimate of drug-likeness (QED) is 0.617. The molecule has 0 fully saturated rings. The summed E-state index contributed by atoms with van der Waals surface area (Å²) >= 11 is 0. The molecule has 5 nitrogen and oxygen atoms in total. The highest BCUT2D eigenvalue weighted by molar-refractivity contribution is 6.54. The number of anilines is 1. The molecule has 1 aromatic carbocycles. The Morgan fingerprint density at radius 3 is 2.56 bits per heavy atom. The summed E-state index contributed by atoms with van der Waals surface area (Å²) in [5.74, 6) is -0.0893. The summed E-state index contributed by atoms with van der Waals surface area (Å²) in [5.41, 5.74) is 5.54. The van der Waals surface area contributed by atoms with Gasteiger partial charge >= 0.3 is 0 Å². The maximum absolute atomic E-state index is 12.6. The zero-order chi connectivity index (χ0) is 18.1. The number of hydrogen-bond acceptors (Lipinski definition) is 3. The third-order valence-electron chi connectivity index (χ3n) is 4.61. The number of para-hydroxylation sites is 1. The first kappa shape index (κ1) is 17.1. The minimum Gasteiger partial charge on any atom is -0.346 e. The Labute approximate surface area is 148 Å². The highest BCUT2D eigenvalue weighted by atomic mass is 16.2. The van der Waals surface area contributed by atoms with Gasteiger partial charge < -0.3 is 9.47 Å². The molecule has 2 heterocycles. The maximum Gasteiger partial charge on any atom is 0.279 e. The van der Waals surface area contributed by atoms with Crippen LogP contribution in [0.3, 0.4) is 0 Å². The molecular weight excluding hydrogens is 312 g/mol. The van der Waals surface area contributed by atoms with Gasteiger partial charge in [0.15, 0.2) is 5.71 Å². The lowest BCUT2D eigenvalue weighted by Gasteiger charge is -2.13. The Kier molecular flexibility index (Phi) is 4.57. The topological polar surface area (TPSA) is 50.0 Å². The SMILES string of the molecule is CCN1C(=O)/C(=N/N=C\c2cc(C)n(C(C)C)c2C)c2ccccc21. The molecular formula is C20H24N4O. The van der Waals surface area contributed by atoms with Crippen LogP contribution in [0.25, 0.3) is 0 Å². The summed E-state index contributed by atoms with van der Waals surface area (Å²) < 4.78 is 2.27. The number of fused-ring (bicyclic) bond motifs is 1. The molecule has 0 atom stereocenters. The van der Waals surface area contributed by atoms with Gasteiger partial charge in [-0.25, -0.2) is 0 Å². The van der Waals surface area contributed by atoms with E-state index in [2.05, 4.69) is 48.5 Å². The largest absolute Gasteiger partial charge is 0.346 e. The first-order chi connectivity index (χ1) is 12.0. The highest BCUT2D eigenvalue weighted by Gasteiger charge is 2.32. The Hall–Kier alpha value is -2.69. The summed E-state index contributed by atoms with van der Waals surface area (Å²) in [6.45, 7) is 11.1. The van der Waals surface area contributed by atoms with Crippen LogP contribution >= 0.6 is 0 Å². The number of carbonyl (C=O) groups excluding carboxylic acids is 1. The number of rotatable bonds is 4. The average Bonchev–Trinajstić information content (AvgIpc) is 3.01. The molecule has 0 spiro atoms. The highest BCUT2D eigenvalue weighted by Crippen LogP contribution is 2.28. The van der Waals surface area contributed by atoms with Crippen LogP contribution in [-0.2, 0) is 4.79 Å². The molecule has 25 heavy (non-hydrogen) atoms. The molecule has 3 rings (SSSR count). The molecule has 0 saturated heterocycles. The van der Waals surface area contributed by atoms with Crippen molar-refractivity contribution in [1.29, 1.82) is 0 Å². The van der Waals surface area contributed by atoms with E-state index in [-0.39, 0.29) is 5.91 Å². The van der Waals surface area contributed by atoms with Crippen molar-refractivity contribution in [1.82, 2.24) is 4.57 Å². The normalized spacial score (nSPS) is 15.8. The van der Waals surface area contributed by atoms with Crippen molar-refractivity contribution in [2.75, 3.05) is 11.4 Å². The molecule has 1 aliphatic heterocycles. The van der Waals surface area contributed by atoms with Crippen molar-refractivity contribution >= 4 is 23.5 Å². The van der Waals surface area contributed by atoms with Crippen molar-refractivity contribution < 1.29 is 4.79 Å². The second-order valence-corrected chi connectivity index (χ2v) is 6.55. The van der Waals surface area contributed by atoms with Gasteiger partial charge in [-0.2, -0.15) is 5.10 Å². The van der Waals surface area contributed by atoms with Gasteiger partial charge in [0.25, 0.3) is 5.91 Å². The van der Waals surface area contributed by atoms with Gasteiger partial charge in [-0.05, 0) is 46.8 Å². The number of aryl methyl sites for hydroxylation is 1. The minimum absolute atomic E-state index is 0.0893. The first-order valence-electron chi connectivity index (χ1n) is 8.66. The molecule has 1 amide bonds. The van der Waals surface area contributed by atoms with Gasteiger partial charge in [-0.3, -0.25) is 4.79 Å². The lowest BCUT2D eigenvalue weighted by molar-refractivity contribution is -0.112. The summed E-state index contributed by atoms with van der Waals surface area (Å²) in [7, 11) is 0. The lowest BCUT2D eigenvalue weighted by atomic mass is 10.1. The van der Waals surface area contributed by atoms with Gasteiger partial charge in [-0.15, -0.1) is 5.10 Å². The summed E-state index contributed by atoms with van der Waals surface area (Å²) in [6, 6.07) is 10.2. The molecule has 130 valence electrons. The van der Waals surface area contributed by atoms with Crippen molar-refractivity contribution in [3.8, 4) is 0 Å². The summed E-state index contributed by atoms with van der Waals surface area (Å²) in [6.07, 6.45) is 1.73. The third-order valence-corrected chi connectivity index (χ3v) is 4.61. The zero-order valence-corrected chi connectivity index (χ0v) is 15.4. The van der Waals surface area contributed by atoms with Gasteiger partial charge in [0.05, 0.1) is 11.9 Å². The molecule has 5 heteroatoms. The van der Waals surface area contributed by atoms with E-state index >= 15 is 0 Å². The number of nitrogens with zero attached hydrogens (tertiary/aromatic N) is 4. The first-order valence-corrected chi connectivity index (χ1v) is 8.66. The monoisotopic (exact) mass is 336 g/mol. The van der Waals surface area contributed by atoms with Gasteiger partial charge in [0, 0.05) is 35.1 Å². The number of carbonyl (C=O) groups is 1. The predicted molar refractivity (Wildman–Crippen MR) is 103 cm³/mol. The van der Waals surface area contributed by atoms with E-state index in [9.17, 15) is 4.79 Å². The van der Waals surface area contributed by atoms with Crippen molar-refractivity contribution in [3.05, 3.63) is 52.8 Å². The van der Waals surface area contributed by atoms with Crippen LogP contribution in [0.15, 0.2) is 40.5 Å². The Bertz CT molecular complexity index is 874. The van der Waals surface area contributed by atoms with E-state index in [1.54, 1.807) is 11.1 Å². The van der Waals surface area contributed by atoms with Crippen LogP contribution in [-0.4, -0.2) is 28.9 Å². The van der Waals surface area contributed by atoms with E-state index in [0.29, 0.717) is 18.3 Å². The van der Waals surface area contributed by atoms with Crippen LogP contribution in [0.4, 0.5) is 5.69 Å². The molecule has 0 radical (unpaired) electrons. The Morgan fingerprint density at radius 1 is 1.20 bits per heavy atom. The van der Waals surface area contributed by atoms with E-state index in [1.165, 1.54) is 5.69 Å². The van der Waals surface area contributed by atoms with Crippen LogP contribution < -0.4 is 4.90 Å². The van der Waals surface area contributed by atoms with Crippen LogP contribution in [0, 0.1) is 13.8 Å². The maximum atomic E-state index is 12.6. The van der Waals surface area contributed by atoms with Crippen molar-refractivity contribution in [2.24, 2.45) is 10.2 Å². The van der Waals surface area contributed by atoms with Crippen molar-refractivity contribution in [2.45, 2.75) is 40.7 Å². The van der Waals surface area contributed by atoms with Gasteiger partial charge in [-0.1, -0.05) is 18.2 Å². The molecule has 1 aromatic heterocycles. The average molecular weight is 336 g/mol. The fourth-order valence-electron chi connectivity index (χ4n) is 3.55. The standard InChI is InChI=1S/C20H24N4O/c1-6-23-18-10-8-7-9-17(18)19(20(23)25)22-21-12-16-11-14(4)24(13(2)3)15(16)5/h7-13H,6H2,1-5H3/b21-12-,22-19+. The Morgan fingerprint density at radius 2 is 1.92 bits per heavy atom. The third kappa shape index (κ3) is 2.90. The van der Waals surface area contributed by atoms with E-state index in [0.717, 1.165) is 22.5 Å². The molecule has 0 N–H and O–H groups in total. The number of hydrogen-bond donors (Lipinski definition) is 0. The summed E-state index contributed by atoms with van der Waals surface area (Å²) in [4.78, 5) is 14.3. The molecule has 2 aromatic rings. The minimum atomic E-state index is -0.0893. The molecule has 0 bridgehead atoms. The van der Waals surface area contributed by atoms with Crippen LogP contribution in [0.2, 0.25) is 0 Å². The number of benzene rings is 1. The van der Waals surface area contributed by atoms with Gasteiger partial charge in [0.1, 0.15) is 0 Å². The number of amides is 1. The zero-order valence-electron chi connectivity index (χ0n) is 15.4. The van der Waals surface area contributed by atoms with E-state index in [1.807, 2.05) is 31.2 Å². The van der Waals surface area contributed by atoms with Crippen molar-refractivity contribution in [3.63, 3.8) is 0 Å². The Balaban J connectivity index is 1.94. The molecule has 0 aliphatic carbocycles. The fourth-order valence-corrected chi connectivity index (χ4v) is 3.55. The second-order valence-electron chi connectivity index (χ2n) is 6.55. The van der Waals surface area contributed by atoms with E-state index in [4.69, 9.17) is 0 Å². The smallest absolute Gasteiger partial charge is 0.279 e. The predicted octanol–water partition coefficient (Wildman–Crippen LogP) is 3.88.